The third kappa shape index (κ3) is 6.16. The summed E-state index contributed by atoms with van der Waals surface area (Å²) in [6, 6.07) is 8.25. The second-order valence-corrected chi connectivity index (χ2v) is 6.28. The normalized spacial score (nSPS) is 12.0. The molecular weight excluding hydrogens is 276 g/mol. The largest absolute Gasteiger partial charge is 0.355 e. The summed E-state index contributed by atoms with van der Waals surface area (Å²) >= 11 is 0. The van der Waals surface area contributed by atoms with Gasteiger partial charge in [0.25, 0.3) is 0 Å². The molecule has 122 valence electrons. The van der Waals surface area contributed by atoms with E-state index in [0.29, 0.717) is 13.1 Å². The molecule has 0 saturated carbocycles. The van der Waals surface area contributed by atoms with Crippen molar-refractivity contribution < 1.29 is 4.79 Å². The summed E-state index contributed by atoms with van der Waals surface area (Å²) in [7, 11) is 1.74. The minimum Gasteiger partial charge on any atom is -0.355 e. The summed E-state index contributed by atoms with van der Waals surface area (Å²) in [4.78, 5) is 15.9. The summed E-state index contributed by atoms with van der Waals surface area (Å²) in [6.07, 6.45) is 0. The number of nitrogens with one attached hydrogen (secondary N) is 3. The first kappa shape index (κ1) is 18.0. The van der Waals surface area contributed by atoms with E-state index < -0.39 is 0 Å². The highest BCUT2D eigenvalue weighted by atomic mass is 16.2. The maximum absolute atomic E-state index is 11.7. The fourth-order valence-corrected chi connectivity index (χ4v) is 1.83. The lowest BCUT2D eigenvalue weighted by Gasteiger charge is -2.18. The van der Waals surface area contributed by atoms with Crippen molar-refractivity contribution in [2.24, 2.45) is 10.4 Å². The van der Waals surface area contributed by atoms with Crippen LogP contribution in [0.5, 0.6) is 0 Å². The van der Waals surface area contributed by atoms with Crippen LogP contribution in [0.2, 0.25) is 0 Å². The number of hydrogen-bond donors (Lipinski definition) is 3. The highest BCUT2D eigenvalue weighted by Gasteiger charge is 2.20. The average molecular weight is 304 g/mol. The second-order valence-electron chi connectivity index (χ2n) is 6.28. The molecule has 0 spiro atoms. The number of benzene rings is 1. The number of aliphatic imine (C=N–C) groups is 1. The smallest absolute Gasteiger partial charge is 0.225 e. The summed E-state index contributed by atoms with van der Waals surface area (Å²) in [6.45, 7) is 9.72. The van der Waals surface area contributed by atoms with Crippen molar-refractivity contribution in [2.75, 3.05) is 20.1 Å². The van der Waals surface area contributed by atoms with Crippen molar-refractivity contribution >= 4 is 11.9 Å². The van der Waals surface area contributed by atoms with E-state index in [-0.39, 0.29) is 11.3 Å². The zero-order chi connectivity index (χ0) is 16.6. The Morgan fingerprint density at radius 1 is 1.09 bits per heavy atom. The van der Waals surface area contributed by atoms with Crippen molar-refractivity contribution in [3.63, 3.8) is 0 Å². The molecule has 1 aromatic rings. The quantitative estimate of drug-likeness (QED) is 0.442. The van der Waals surface area contributed by atoms with Gasteiger partial charge in [0.1, 0.15) is 0 Å². The van der Waals surface area contributed by atoms with Crippen molar-refractivity contribution in [3.05, 3.63) is 35.4 Å². The molecule has 0 bridgehead atoms. The van der Waals surface area contributed by atoms with Crippen LogP contribution in [0.3, 0.4) is 0 Å². The molecule has 5 heteroatoms. The van der Waals surface area contributed by atoms with Gasteiger partial charge in [0.15, 0.2) is 5.96 Å². The first-order valence-corrected chi connectivity index (χ1v) is 7.62. The second kappa shape index (κ2) is 8.41. The van der Waals surface area contributed by atoms with Crippen molar-refractivity contribution in [3.8, 4) is 0 Å². The number of nitrogens with zero attached hydrogens (tertiary/aromatic N) is 1. The Bertz CT molecular complexity index is 518. The van der Waals surface area contributed by atoms with E-state index >= 15 is 0 Å². The van der Waals surface area contributed by atoms with E-state index in [4.69, 9.17) is 0 Å². The summed E-state index contributed by atoms with van der Waals surface area (Å²) in [5, 5.41) is 9.36. The number of aryl methyl sites for hydroxylation is 1. The van der Waals surface area contributed by atoms with Crippen LogP contribution in [0.1, 0.15) is 31.9 Å². The fraction of sp³-hybridized carbons (Fsp3) is 0.529. The van der Waals surface area contributed by atoms with Gasteiger partial charge >= 0.3 is 0 Å². The van der Waals surface area contributed by atoms with Gasteiger partial charge in [-0.05, 0) is 18.1 Å². The van der Waals surface area contributed by atoms with Crippen LogP contribution in [-0.2, 0) is 11.3 Å². The van der Waals surface area contributed by atoms with Crippen LogP contribution in [-0.4, -0.2) is 32.0 Å². The van der Waals surface area contributed by atoms with Crippen LogP contribution in [0, 0.1) is 12.3 Å². The molecule has 22 heavy (non-hydrogen) atoms. The number of carbonyl (C=O) groups is 1. The molecule has 0 atom stereocenters. The van der Waals surface area contributed by atoms with Crippen molar-refractivity contribution in [1.82, 2.24) is 16.0 Å². The molecule has 1 amide bonds. The maximum atomic E-state index is 11.7. The number of amides is 1. The van der Waals surface area contributed by atoms with Gasteiger partial charge in [-0.1, -0.05) is 45.0 Å². The molecule has 3 N–H and O–H groups in total. The van der Waals surface area contributed by atoms with Crippen molar-refractivity contribution in [1.29, 1.82) is 0 Å². The summed E-state index contributed by atoms with van der Waals surface area (Å²) < 4.78 is 0. The third-order valence-electron chi connectivity index (χ3n) is 3.32. The highest BCUT2D eigenvalue weighted by Crippen LogP contribution is 2.11. The van der Waals surface area contributed by atoms with E-state index in [0.717, 1.165) is 12.5 Å². The zero-order valence-electron chi connectivity index (χ0n) is 14.3. The Morgan fingerprint density at radius 2 is 1.73 bits per heavy atom. The average Bonchev–Trinajstić information content (AvgIpc) is 2.46. The standard InChI is InChI=1S/C17H28N4O/c1-13-8-6-7-9-14(13)12-21-16(18-5)20-11-10-19-15(22)17(2,3)4/h6-9H,10-12H2,1-5H3,(H,19,22)(H2,18,20,21). The van der Waals surface area contributed by atoms with E-state index in [1.807, 2.05) is 32.9 Å². The molecule has 0 aliphatic rings. The first-order valence-electron chi connectivity index (χ1n) is 7.62. The number of rotatable bonds is 5. The van der Waals surface area contributed by atoms with Crippen LogP contribution in [0.15, 0.2) is 29.3 Å². The highest BCUT2D eigenvalue weighted by molar-refractivity contribution is 5.81. The number of guanidine groups is 1. The molecule has 0 saturated heterocycles. The fourth-order valence-electron chi connectivity index (χ4n) is 1.83. The molecule has 0 unspecified atom stereocenters. The number of carbonyl (C=O) groups excluding carboxylic acids is 1. The predicted molar refractivity (Wildman–Crippen MR) is 91.8 cm³/mol. The molecule has 0 radical (unpaired) electrons. The Kier molecular flexibility index (Phi) is 6.89. The molecule has 0 heterocycles. The third-order valence-corrected chi connectivity index (χ3v) is 3.32. The Labute approximate surface area is 133 Å². The Hall–Kier alpha value is -2.04. The van der Waals surface area contributed by atoms with Gasteiger partial charge in [-0.3, -0.25) is 9.79 Å². The van der Waals surface area contributed by atoms with Crippen LogP contribution < -0.4 is 16.0 Å². The van der Waals surface area contributed by atoms with Crippen LogP contribution >= 0.6 is 0 Å². The lowest BCUT2D eigenvalue weighted by atomic mass is 9.96. The zero-order valence-corrected chi connectivity index (χ0v) is 14.3. The Morgan fingerprint density at radius 3 is 2.32 bits per heavy atom. The molecular formula is C17H28N4O. The van der Waals surface area contributed by atoms with Gasteiger partial charge in [0.05, 0.1) is 0 Å². The number of hydrogen-bond acceptors (Lipinski definition) is 2. The SMILES string of the molecule is CN=C(NCCNC(=O)C(C)(C)C)NCc1ccccc1C. The van der Waals surface area contributed by atoms with Gasteiger partial charge in [-0.2, -0.15) is 0 Å². The van der Waals surface area contributed by atoms with E-state index in [9.17, 15) is 4.79 Å². The molecule has 1 aromatic carbocycles. The minimum atomic E-state index is -0.356. The molecule has 0 aromatic heterocycles. The van der Waals surface area contributed by atoms with E-state index in [1.54, 1.807) is 7.05 Å². The Balaban J connectivity index is 2.32. The summed E-state index contributed by atoms with van der Waals surface area (Å²) in [5.41, 5.74) is 2.14. The first-order chi connectivity index (χ1) is 10.3. The minimum absolute atomic E-state index is 0.0529. The lowest BCUT2D eigenvalue weighted by Crippen LogP contribution is -2.43. The monoisotopic (exact) mass is 304 g/mol. The molecule has 0 aliphatic carbocycles. The van der Waals surface area contributed by atoms with Gasteiger partial charge < -0.3 is 16.0 Å². The van der Waals surface area contributed by atoms with Crippen LogP contribution in [0.4, 0.5) is 0 Å². The molecule has 1 rings (SSSR count). The topological polar surface area (TPSA) is 65.5 Å². The predicted octanol–water partition coefficient (Wildman–Crippen LogP) is 1.82. The molecule has 0 fully saturated rings. The van der Waals surface area contributed by atoms with Gasteiger partial charge in [-0.25, -0.2) is 0 Å². The van der Waals surface area contributed by atoms with E-state index in [1.165, 1.54) is 11.1 Å². The van der Waals surface area contributed by atoms with Crippen molar-refractivity contribution in [2.45, 2.75) is 34.2 Å². The van der Waals surface area contributed by atoms with E-state index in [2.05, 4.69) is 40.0 Å². The van der Waals surface area contributed by atoms with Crippen LogP contribution in [0.25, 0.3) is 0 Å². The van der Waals surface area contributed by atoms with Gasteiger partial charge in [0, 0.05) is 32.1 Å². The molecule has 0 aliphatic heterocycles. The van der Waals surface area contributed by atoms with Gasteiger partial charge in [0.2, 0.25) is 5.91 Å². The van der Waals surface area contributed by atoms with Gasteiger partial charge in [-0.15, -0.1) is 0 Å². The molecule has 5 nitrogen and oxygen atoms in total. The maximum Gasteiger partial charge on any atom is 0.225 e. The summed E-state index contributed by atoms with van der Waals surface area (Å²) in [5.74, 6) is 0.783. The lowest BCUT2D eigenvalue weighted by molar-refractivity contribution is -0.128.